The molecule has 2 atom stereocenters. The van der Waals surface area contributed by atoms with Gasteiger partial charge >= 0.3 is 12.0 Å². The highest BCUT2D eigenvalue weighted by atomic mass is 35.5. The minimum atomic E-state index is -1.05. The lowest BCUT2D eigenvalue weighted by Gasteiger charge is -2.37. The fourth-order valence-corrected chi connectivity index (χ4v) is 2.79. The van der Waals surface area contributed by atoms with Crippen molar-refractivity contribution in [3.05, 3.63) is 28.8 Å². The molecule has 2 N–H and O–H groups in total. The molecule has 1 aromatic rings. The van der Waals surface area contributed by atoms with Crippen molar-refractivity contribution < 1.29 is 14.7 Å². The van der Waals surface area contributed by atoms with Gasteiger partial charge in [-0.05, 0) is 43.9 Å². The summed E-state index contributed by atoms with van der Waals surface area (Å²) in [6, 6.07) is 4.25. The summed E-state index contributed by atoms with van der Waals surface area (Å²) in [6.45, 7) is 4.90. The molecule has 1 fully saturated rings. The molecule has 1 aliphatic heterocycles. The average Bonchev–Trinajstić information content (AvgIpc) is 2.43. The lowest BCUT2D eigenvalue weighted by atomic mass is 9.92. The SMILES string of the molecule is CC1CCCN(C(=O)Nc2ccc(C(=O)O)cc2Cl)C1C. The Hall–Kier alpha value is -1.75. The van der Waals surface area contributed by atoms with E-state index in [-0.39, 0.29) is 22.7 Å². The van der Waals surface area contributed by atoms with E-state index in [9.17, 15) is 9.59 Å². The van der Waals surface area contributed by atoms with Gasteiger partial charge in [0, 0.05) is 12.6 Å². The number of halogens is 1. The van der Waals surface area contributed by atoms with Gasteiger partial charge in [0.15, 0.2) is 0 Å². The number of amides is 2. The number of carboxylic acid groups (broad SMARTS) is 1. The Bertz CT molecular complexity index is 562. The summed E-state index contributed by atoms with van der Waals surface area (Å²) in [4.78, 5) is 25.0. The van der Waals surface area contributed by atoms with Gasteiger partial charge < -0.3 is 15.3 Å². The van der Waals surface area contributed by atoms with Crippen molar-refractivity contribution >= 4 is 29.3 Å². The molecular formula is C15H19ClN2O3. The molecule has 0 aromatic heterocycles. The second-order valence-electron chi connectivity index (χ2n) is 5.48. The number of carboxylic acids is 1. The first-order valence-electron chi connectivity index (χ1n) is 7.00. The van der Waals surface area contributed by atoms with Crippen molar-refractivity contribution in [1.29, 1.82) is 0 Å². The first-order chi connectivity index (χ1) is 9.90. The second-order valence-corrected chi connectivity index (χ2v) is 5.89. The van der Waals surface area contributed by atoms with Crippen LogP contribution in [0.15, 0.2) is 18.2 Å². The number of aromatic carboxylic acids is 1. The number of carbonyl (C=O) groups is 2. The summed E-state index contributed by atoms with van der Waals surface area (Å²) in [5.41, 5.74) is 0.523. The van der Waals surface area contributed by atoms with E-state index in [1.807, 2.05) is 6.92 Å². The molecule has 1 aliphatic rings. The number of rotatable bonds is 2. The normalized spacial score (nSPS) is 22.0. The van der Waals surface area contributed by atoms with E-state index in [0.717, 1.165) is 19.4 Å². The van der Waals surface area contributed by atoms with Crippen molar-refractivity contribution in [2.75, 3.05) is 11.9 Å². The first-order valence-corrected chi connectivity index (χ1v) is 7.38. The van der Waals surface area contributed by atoms with Crippen LogP contribution < -0.4 is 5.32 Å². The third-order valence-corrected chi connectivity index (χ3v) is 4.40. The van der Waals surface area contributed by atoms with Gasteiger partial charge in [0.1, 0.15) is 0 Å². The molecule has 2 amide bonds. The van der Waals surface area contributed by atoms with Crippen LogP contribution in [0, 0.1) is 5.92 Å². The van der Waals surface area contributed by atoms with Crippen LogP contribution in [0.1, 0.15) is 37.0 Å². The maximum atomic E-state index is 12.3. The summed E-state index contributed by atoms with van der Waals surface area (Å²) in [7, 11) is 0. The summed E-state index contributed by atoms with van der Waals surface area (Å²) in [5, 5.41) is 11.9. The first kappa shape index (κ1) is 15.6. The molecular weight excluding hydrogens is 292 g/mol. The maximum Gasteiger partial charge on any atom is 0.335 e. The van der Waals surface area contributed by atoms with Gasteiger partial charge in [-0.2, -0.15) is 0 Å². The van der Waals surface area contributed by atoms with Crippen LogP contribution >= 0.6 is 11.6 Å². The lowest BCUT2D eigenvalue weighted by molar-refractivity contribution is 0.0697. The van der Waals surface area contributed by atoms with Gasteiger partial charge in [0.2, 0.25) is 0 Å². The Labute approximate surface area is 128 Å². The minimum Gasteiger partial charge on any atom is -0.478 e. The summed E-state index contributed by atoms with van der Waals surface area (Å²) >= 11 is 6.02. The predicted octanol–water partition coefficient (Wildman–Crippen LogP) is 3.69. The predicted molar refractivity (Wildman–Crippen MR) is 82.0 cm³/mol. The molecule has 0 aliphatic carbocycles. The van der Waals surface area contributed by atoms with Crippen LogP contribution in [0.5, 0.6) is 0 Å². The number of nitrogens with one attached hydrogen (secondary N) is 1. The fourth-order valence-electron chi connectivity index (χ4n) is 2.56. The smallest absolute Gasteiger partial charge is 0.335 e. The number of piperidine rings is 1. The molecule has 1 saturated heterocycles. The Morgan fingerprint density at radius 3 is 2.71 bits per heavy atom. The number of likely N-dealkylation sites (tertiary alicyclic amines) is 1. The fraction of sp³-hybridized carbons (Fsp3) is 0.467. The van der Waals surface area contributed by atoms with E-state index >= 15 is 0 Å². The number of hydrogen-bond acceptors (Lipinski definition) is 2. The Morgan fingerprint density at radius 1 is 1.38 bits per heavy atom. The summed E-state index contributed by atoms with van der Waals surface area (Å²) in [6.07, 6.45) is 2.11. The molecule has 1 aromatic carbocycles. The van der Waals surface area contributed by atoms with Crippen molar-refractivity contribution in [1.82, 2.24) is 4.90 Å². The highest BCUT2D eigenvalue weighted by molar-refractivity contribution is 6.34. The zero-order chi connectivity index (χ0) is 15.6. The van der Waals surface area contributed by atoms with Crippen LogP contribution in [-0.4, -0.2) is 34.6 Å². The third-order valence-electron chi connectivity index (χ3n) is 4.09. The molecule has 2 rings (SSSR count). The van der Waals surface area contributed by atoms with Gasteiger partial charge in [0.05, 0.1) is 16.3 Å². The topological polar surface area (TPSA) is 69.6 Å². The van der Waals surface area contributed by atoms with E-state index in [2.05, 4.69) is 12.2 Å². The van der Waals surface area contributed by atoms with Gasteiger partial charge in [-0.15, -0.1) is 0 Å². The van der Waals surface area contributed by atoms with Crippen molar-refractivity contribution in [3.63, 3.8) is 0 Å². The average molecular weight is 311 g/mol. The molecule has 0 spiro atoms. The molecule has 21 heavy (non-hydrogen) atoms. The molecule has 5 nitrogen and oxygen atoms in total. The molecule has 0 bridgehead atoms. The molecule has 0 saturated carbocycles. The Balaban J connectivity index is 2.10. The molecule has 6 heteroatoms. The van der Waals surface area contributed by atoms with Gasteiger partial charge in [0.25, 0.3) is 0 Å². The van der Waals surface area contributed by atoms with Gasteiger partial charge in [-0.25, -0.2) is 9.59 Å². The Morgan fingerprint density at radius 2 is 2.10 bits per heavy atom. The van der Waals surface area contributed by atoms with Crippen LogP contribution in [-0.2, 0) is 0 Å². The standard InChI is InChI=1S/C15H19ClN2O3/c1-9-4-3-7-18(10(9)2)15(21)17-13-6-5-11(14(19)20)8-12(13)16/h5-6,8-10H,3-4,7H2,1-2H3,(H,17,21)(H,19,20). The number of benzene rings is 1. The summed E-state index contributed by atoms with van der Waals surface area (Å²) in [5.74, 6) is -0.581. The van der Waals surface area contributed by atoms with E-state index < -0.39 is 5.97 Å². The zero-order valence-electron chi connectivity index (χ0n) is 12.1. The minimum absolute atomic E-state index is 0.0953. The number of nitrogens with zero attached hydrogens (tertiary/aromatic N) is 1. The number of carbonyl (C=O) groups excluding carboxylic acids is 1. The van der Waals surface area contributed by atoms with Crippen LogP contribution in [0.25, 0.3) is 0 Å². The second kappa shape index (κ2) is 6.35. The summed E-state index contributed by atoms with van der Waals surface area (Å²) < 4.78 is 0. The van der Waals surface area contributed by atoms with Crippen molar-refractivity contribution in [2.24, 2.45) is 5.92 Å². The third kappa shape index (κ3) is 3.47. The highest BCUT2D eigenvalue weighted by Crippen LogP contribution is 2.26. The van der Waals surface area contributed by atoms with Crippen LogP contribution in [0.4, 0.5) is 10.5 Å². The monoisotopic (exact) mass is 310 g/mol. The maximum absolute atomic E-state index is 12.3. The molecule has 114 valence electrons. The quantitative estimate of drug-likeness (QED) is 0.875. The zero-order valence-corrected chi connectivity index (χ0v) is 12.9. The van der Waals surface area contributed by atoms with Crippen molar-refractivity contribution in [3.8, 4) is 0 Å². The highest BCUT2D eigenvalue weighted by Gasteiger charge is 2.28. The Kier molecular flexibility index (Phi) is 4.73. The van der Waals surface area contributed by atoms with Crippen LogP contribution in [0.2, 0.25) is 5.02 Å². The van der Waals surface area contributed by atoms with Gasteiger partial charge in [-0.3, -0.25) is 0 Å². The van der Waals surface area contributed by atoms with Crippen LogP contribution in [0.3, 0.4) is 0 Å². The molecule has 1 heterocycles. The van der Waals surface area contributed by atoms with Crippen molar-refractivity contribution in [2.45, 2.75) is 32.7 Å². The number of hydrogen-bond donors (Lipinski definition) is 2. The van der Waals surface area contributed by atoms with E-state index in [4.69, 9.17) is 16.7 Å². The van der Waals surface area contributed by atoms with E-state index in [0.29, 0.717) is 11.6 Å². The molecule has 0 radical (unpaired) electrons. The van der Waals surface area contributed by atoms with Gasteiger partial charge in [-0.1, -0.05) is 18.5 Å². The lowest BCUT2D eigenvalue weighted by Crippen LogP contribution is -2.47. The molecule has 2 unspecified atom stereocenters. The van der Waals surface area contributed by atoms with E-state index in [1.165, 1.54) is 18.2 Å². The number of anilines is 1. The van der Waals surface area contributed by atoms with E-state index in [1.54, 1.807) is 4.90 Å². The largest absolute Gasteiger partial charge is 0.478 e. The number of urea groups is 1.